The molecule has 1 rings (SSSR count). The van der Waals surface area contributed by atoms with Gasteiger partial charge in [0.15, 0.2) is 0 Å². The molecular formula is C11H16N2O4. The summed E-state index contributed by atoms with van der Waals surface area (Å²) in [5.74, 6) is 5.13. The first kappa shape index (κ1) is 13.1. The Labute approximate surface area is 99.2 Å². The minimum atomic E-state index is -0.775. The fourth-order valence-electron chi connectivity index (χ4n) is 1.14. The van der Waals surface area contributed by atoms with Gasteiger partial charge in [-0.25, -0.2) is 15.6 Å². The topological polar surface area (TPSA) is 96.0 Å². The molecule has 1 amide bonds. The van der Waals surface area contributed by atoms with Crippen molar-refractivity contribution in [2.75, 3.05) is 5.01 Å². The van der Waals surface area contributed by atoms with Crippen LogP contribution in [0.15, 0.2) is 18.2 Å². The third-order valence-electron chi connectivity index (χ3n) is 1.76. The number of aromatic hydroxyl groups is 2. The summed E-state index contributed by atoms with van der Waals surface area (Å²) in [6.45, 7) is 5.12. The Kier molecular flexibility index (Phi) is 3.47. The number of rotatable bonds is 1. The summed E-state index contributed by atoms with van der Waals surface area (Å²) in [5.41, 5.74) is -0.537. The van der Waals surface area contributed by atoms with Gasteiger partial charge < -0.3 is 14.9 Å². The van der Waals surface area contributed by atoms with E-state index < -0.39 is 11.7 Å². The van der Waals surface area contributed by atoms with E-state index in [9.17, 15) is 15.0 Å². The number of carbonyl (C=O) groups excluding carboxylic acids is 1. The highest BCUT2D eigenvalue weighted by Gasteiger charge is 2.21. The molecule has 6 nitrogen and oxygen atoms in total. The van der Waals surface area contributed by atoms with Gasteiger partial charge in [-0.2, -0.15) is 0 Å². The number of hydrogen-bond donors (Lipinski definition) is 3. The van der Waals surface area contributed by atoms with E-state index in [1.165, 1.54) is 12.1 Å². The summed E-state index contributed by atoms with van der Waals surface area (Å²) in [5, 5.41) is 19.2. The molecule has 0 saturated carbocycles. The SMILES string of the molecule is CC(C)(C)OC(=O)N(N)c1cc(O)cc(O)c1. The molecule has 0 aromatic heterocycles. The highest BCUT2D eigenvalue weighted by molar-refractivity contribution is 5.87. The second-order valence-corrected chi connectivity index (χ2v) is 4.56. The number of carbonyl (C=O) groups is 1. The van der Waals surface area contributed by atoms with Crippen LogP contribution in [0, 0.1) is 0 Å². The zero-order valence-electron chi connectivity index (χ0n) is 9.97. The monoisotopic (exact) mass is 240 g/mol. The number of phenols is 2. The van der Waals surface area contributed by atoms with E-state index >= 15 is 0 Å². The Morgan fingerprint density at radius 1 is 1.24 bits per heavy atom. The average molecular weight is 240 g/mol. The summed E-state index contributed by atoms with van der Waals surface area (Å²) in [6, 6.07) is 3.61. The summed E-state index contributed by atoms with van der Waals surface area (Å²) < 4.78 is 5.03. The zero-order chi connectivity index (χ0) is 13.2. The molecule has 1 aromatic carbocycles. The fourth-order valence-corrected chi connectivity index (χ4v) is 1.14. The van der Waals surface area contributed by atoms with Crippen molar-refractivity contribution >= 4 is 11.8 Å². The van der Waals surface area contributed by atoms with Crippen molar-refractivity contribution in [2.45, 2.75) is 26.4 Å². The van der Waals surface area contributed by atoms with Crippen LogP contribution in [0.3, 0.4) is 0 Å². The van der Waals surface area contributed by atoms with Crippen LogP contribution in [-0.2, 0) is 4.74 Å². The van der Waals surface area contributed by atoms with Crippen LogP contribution in [-0.4, -0.2) is 21.9 Å². The van der Waals surface area contributed by atoms with E-state index in [0.717, 1.165) is 6.07 Å². The normalized spacial score (nSPS) is 11.1. The molecule has 6 heteroatoms. The minimum Gasteiger partial charge on any atom is -0.508 e. The second kappa shape index (κ2) is 4.50. The molecule has 0 unspecified atom stereocenters. The van der Waals surface area contributed by atoms with E-state index in [2.05, 4.69) is 0 Å². The van der Waals surface area contributed by atoms with Crippen LogP contribution in [0.1, 0.15) is 20.8 Å². The zero-order valence-corrected chi connectivity index (χ0v) is 9.97. The molecule has 0 aliphatic heterocycles. The average Bonchev–Trinajstić information content (AvgIpc) is 2.12. The molecule has 0 aliphatic rings. The van der Waals surface area contributed by atoms with Crippen LogP contribution in [0.25, 0.3) is 0 Å². The van der Waals surface area contributed by atoms with Crippen molar-refractivity contribution < 1.29 is 19.7 Å². The third kappa shape index (κ3) is 3.84. The fraction of sp³-hybridized carbons (Fsp3) is 0.364. The quantitative estimate of drug-likeness (QED) is 0.394. The van der Waals surface area contributed by atoms with Gasteiger partial charge in [0.2, 0.25) is 0 Å². The molecule has 17 heavy (non-hydrogen) atoms. The lowest BCUT2D eigenvalue weighted by atomic mass is 10.2. The van der Waals surface area contributed by atoms with Crippen LogP contribution < -0.4 is 10.9 Å². The third-order valence-corrected chi connectivity index (χ3v) is 1.76. The molecule has 4 N–H and O–H groups in total. The standard InChI is InChI=1S/C11H16N2O4/c1-11(2,3)17-10(16)13(12)7-4-8(14)6-9(15)5-7/h4-6,14-15H,12H2,1-3H3. The van der Waals surface area contributed by atoms with Gasteiger partial charge in [-0.15, -0.1) is 0 Å². The first-order valence-corrected chi connectivity index (χ1v) is 5.00. The molecule has 0 bridgehead atoms. The predicted molar refractivity (Wildman–Crippen MR) is 62.7 cm³/mol. The molecule has 0 fully saturated rings. The van der Waals surface area contributed by atoms with Gasteiger partial charge in [-0.3, -0.25) is 0 Å². The number of amides is 1. The van der Waals surface area contributed by atoms with Crippen molar-refractivity contribution in [3.05, 3.63) is 18.2 Å². The Morgan fingerprint density at radius 3 is 2.12 bits per heavy atom. The lowest BCUT2D eigenvalue weighted by Gasteiger charge is -2.24. The Hall–Kier alpha value is -1.95. The number of anilines is 1. The molecular weight excluding hydrogens is 224 g/mol. The van der Waals surface area contributed by atoms with E-state index in [-0.39, 0.29) is 17.2 Å². The smallest absolute Gasteiger partial charge is 0.429 e. The summed E-state index contributed by atoms with van der Waals surface area (Å²) in [6.07, 6.45) is -0.775. The van der Waals surface area contributed by atoms with Crippen LogP contribution in [0.2, 0.25) is 0 Å². The van der Waals surface area contributed by atoms with Gasteiger partial charge in [0.25, 0.3) is 0 Å². The highest BCUT2D eigenvalue weighted by Crippen LogP contribution is 2.26. The molecule has 0 spiro atoms. The van der Waals surface area contributed by atoms with Gasteiger partial charge in [-0.05, 0) is 20.8 Å². The number of ether oxygens (including phenoxy) is 1. The van der Waals surface area contributed by atoms with Crippen molar-refractivity contribution in [2.24, 2.45) is 5.84 Å². The molecule has 0 radical (unpaired) electrons. The van der Waals surface area contributed by atoms with Crippen molar-refractivity contribution in [1.82, 2.24) is 0 Å². The summed E-state index contributed by atoms with van der Waals surface area (Å²) >= 11 is 0. The summed E-state index contributed by atoms with van der Waals surface area (Å²) in [4.78, 5) is 11.6. The number of phenolic OH excluding ortho intramolecular Hbond substituents is 2. The lowest BCUT2D eigenvalue weighted by Crippen LogP contribution is -2.41. The number of hydrazine groups is 1. The van der Waals surface area contributed by atoms with Crippen molar-refractivity contribution in [1.29, 1.82) is 0 Å². The Morgan fingerprint density at radius 2 is 1.71 bits per heavy atom. The van der Waals surface area contributed by atoms with Gasteiger partial charge in [-0.1, -0.05) is 0 Å². The van der Waals surface area contributed by atoms with Crippen LogP contribution in [0.4, 0.5) is 10.5 Å². The number of nitrogens with two attached hydrogens (primary N) is 1. The largest absolute Gasteiger partial charge is 0.508 e. The van der Waals surface area contributed by atoms with Crippen LogP contribution >= 0.6 is 0 Å². The van der Waals surface area contributed by atoms with Gasteiger partial charge in [0.1, 0.15) is 17.1 Å². The minimum absolute atomic E-state index is 0.136. The number of nitrogens with zero attached hydrogens (tertiary/aromatic N) is 1. The van der Waals surface area contributed by atoms with E-state index in [4.69, 9.17) is 10.6 Å². The first-order valence-electron chi connectivity index (χ1n) is 5.00. The first-order chi connectivity index (χ1) is 7.69. The maximum Gasteiger partial charge on any atom is 0.429 e. The van der Waals surface area contributed by atoms with E-state index in [0.29, 0.717) is 5.01 Å². The second-order valence-electron chi connectivity index (χ2n) is 4.56. The van der Waals surface area contributed by atoms with Crippen molar-refractivity contribution in [3.8, 4) is 11.5 Å². The Bertz CT molecular complexity index is 406. The summed E-state index contributed by atoms with van der Waals surface area (Å²) in [7, 11) is 0. The molecule has 1 aromatic rings. The van der Waals surface area contributed by atoms with E-state index in [1.54, 1.807) is 20.8 Å². The number of hydrogen-bond acceptors (Lipinski definition) is 5. The van der Waals surface area contributed by atoms with Gasteiger partial charge >= 0.3 is 6.09 Å². The van der Waals surface area contributed by atoms with Gasteiger partial charge in [0.05, 0.1) is 5.69 Å². The lowest BCUT2D eigenvalue weighted by molar-refractivity contribution is 0.0580. The molecule has 0 atom stereocenters. The maximum absolute atomic E-state index is 11.6. The highest BCUT2D eigenvalue weighted by atomic mass is 16.6. The van der Waals surface area contributed by atoms with Gasteiger partial charge in [0, 0.05) is 18.2 Å². The predicted octanol–water partition coefficient (Wildman–Crippen LogP) is 1.71. The maximum atomic E-state index is 11.6. The van der Waals surface area contributed by atoms with Crippen molar-refractivity contribution in [3.63, 3.8) is 0 Å². The molecule has 0 saturated heterocycles. The Balaban J connectivity index is 2.89. The van der Waals surface area contributed by atoms with Crippen LogP contribution in [0.5, 0.6) is 11.5 Å². The molecule has 94 valence electrons. The van der Waals surface area contributed by atoms with E-state index in [1.807, 2.05) is 0 Å². The number of benzene rings is 1. The molecule has 0 aliphatic carbocycles. The molecule has 0 heterocycles.